The first-order valence-corrected chi connectivity index (χ1v) is 4.86. The molecule has 2 heteroatoms. The lowest BCUT2D eigenvalue weighted by molar-refractivity contribution is 0.502. The summed E-state index contributed by atoms with van der Waals surface area (Å²) in [4.78, 5) is 0. The quantitative estimate of drug-likeness (QED) is 0.667. The van der Waals surface area contributed by atoms with Crippen LogP contribution in [0.15, 0.2) is 12.3 Å². The maximum Gasteiger partial charge on any atom is 0.0273 e. The lowest BCUT2D eigenvalue weighted by atomic mass is 10.1. The molecular formula is C10H20N2. The van der Waals surface area contributed by atoms with Crippen molar-refractivity contribution in [2.75, 3.05) is 6.54 Å². The van der Waals surface area contributed by atoms with Gasteiger partial charge < -0.3 is 10.6 Å². The highest BCUT2D eigenvalue weighted by Gasteiger charge is 2.15. The van der Waals surface area contributed by atoms with Crippen LogP contribution in [0.5, 0.6) is 0 Å². The van der Waals surface area contributed by atoms with Crippen LogP contribution in [0.3, 0.4) is 0 Å². The van der Waals surface area contributed by atoms with Crippen molar-refractivity contribution in [3.05, 3.63) is 12.3 Å². The highest BCUT2D eigenvalue weighted by Crippen LogP contribution is 2.15. The van der Waals surface area contributed by atoms with Crippen LogP contribution in [0.2, 0.25) is 0 Å². The van der Waals surface area contributed by atoms with Crippen molar-refractivity contribution in [2.45, 2.75) is 45.2 Å². The van der Waals surface area contributed by atoms with E-state index in [0.29, 0.717) is 12.1 Å². The topological polar surface area (TPSA) is 24.1 Å². The Bertz CT molecular complexity index is 152. The normalized spacial score (nSPS) is 23.2. The molecule has 1 aliphatic heterocycles. The van der Waals surface area contributed by atoms with Gasteiger partial charge in [-0.1, -0.05) is 20.4 Å². The van der Waals surface area contributed by atoms with Gasteiger partial charge in [-0.05, 0) is 25.8 Å². The van der Waals surface area contributed by atoms with E-state index in [1.807, 2.05) is 0 Å². The van der Waals surface area contributed by atoms with E-state index >= 15 is 0 Å². The van der Waals surface area contributed by atoms with Gasteiger partial charge in [0.2, 0.25) is 0 Å². The Morgan fingerprint density at radius 2 is 2.42 bits per heavy atom. The van der Waals surface area contributed by atoms with Crippen molar-refractivity contribution in [3.63, 3.8) is 0 Å². The first-order chi connectivity index (χ1) is 5.68. The van der Waals surface area contributed by atoms with E-state index in [1.165, 1.54) is 18.5 Å². The SMILES string of the molecule is C=C1CCC(CCNC(C)C)N1. The fourth-order valence-electron chi connectivity index (χ4n) is 1.54. The Labute approximate surface area is 75.4 Å². The third-order valence-corrected chi connectivity index (χ3v) is 2.25. The molecule has 70 valence electrons. The molecule has 0 spiro atoms. The minimum atomic E-state index is 0.606. The lowest BCUT2D eigenvalue weighted by Gasteiger charge is -2.13. The van der Waals surface area contributed by atoms with E-state index in [9.17, 15) is 0 Å². The largest absolute Gasteiger partial charge is 0.386 e. The van der Waals surface area contributed by atoms with Gasteiger partial charge in [0.1, 0.15) is 0 Å². The standard InChI is InChI=1S/C10H20N2/c1-8(2)11-7-6-10-5-4-9(3)12-10/h8,10-12H,3-7H2,1-2H3. The van der Waals surface area contributed by atoms with Gasteiger partial charge in [0, 0.05) is 17.8 Å². The fourth-order valence-corrected chi connectivity index (χ4v) is 1.54. The van der Waals surface area contributed by atoms with Gasteiger partial charge in [-0.3, -0.25) is 0 Å². The third-order valence-electron chi connectivity index (χ3n) is 2.25. The molecule has 1 heterocycles. The van der Waals surface area contributed by atoms with E-state index in [4.69, 9.17) is 0 Å². The van der Waals surface area contributed by atoms with E-state index in [-0.39, 0.29) is 0 Å². The minimum absolute atomic E-state index is 0.606. The Morgan fingerprint density at radius 1 is 1.67 bits per heavy atom. The average Bonchev–Trinajstić information content (AvgIpc) is 2.35. The minimum Gasteiger partial charge on any atom is -0.386 e. The summed E-state index contributed by atoms with van der Waals surface area (Å²) in [5, 5.41) is 6.81. The molecule has 1 rings (SSSR count). The monoisotopic (exact) mass is 168 g/mol. The number of hydrogen-bond donors (Lipinski definition) is 2. The van der Waals surface area contributed by atoms with Crippen LogP contribution in [-0.2, 0) is 0 Å². The van der Waals surface area contributed by atoms with Crippen LogP contribution in [-0.4, -0.2) is 18.6 Å². The zero-order chi connectivity index (χ0) is 8.97. The Kier molecular flexibility index (Phi) is 3.60. The van der Waals surface area contributed by atoms with Crippen molar-refractivity contribution in [1.82, 2.24) is 10.6 Å². The van der Waals surface area contributed by atoms with Gasteiger partial charge in [0.25, 0.3) is 0 Å². The predicted molar refractivity (Wildman–Crippen MR) is 53.1 cm³/mol. The molecule has 1 fully saturated rings. The first-order valence-electron chi connectivity index (χ1n) is 4.86. The van der Waals surface area contributed by atoms with Gasteiger partial charge in [-0.15, -0.1) is 0 Å². The molecule has 0 bridgehead atoms. The summed E-state index contributed by atoms with van der Waals surface area (Å²) in [5.74, 6) is 0. The second-order valence-electron chi connectivity index (χ2n) is 3.88. The fraction of sp³-hybridized carbons (Fsp3) is 0.800. The molecule has 2 nitrogen and oxygen atoms in total. The van der Waals surface area contributed by atoms with Crippen molar-refractivity contribution < 1.29 is 0 Å². The molecule has 0 aromatic carbocycles. The molecular weight excluding hydrogens is 148 g/mol. The van der Waals surface area contributed by atoms with E-state index in [1.54, 1.807) is 0 Å². The molecule has 1 aliphatic rings. The van der Waals surface area contributed by atoms with Crippen molar-refractivity contribution in [3.8, 4) is 0 Å². The van der Waals surface area contributed by atoms with Crippen LogP contribution < -0.4 is 10.6 Å². The van der Waals surface area contributed by atoms with Crippen LogP contribution in [0.25, 0.3) is 0 Å². The predicted octanol–water partition coefficient (Wildman–Crippen LogP) is 1.64. The van der Waals surface area contributed by atoms with Gasteiger partial charge in [0.15, 0.2) is 0 Å². The molecule has 12 heavy (non-hydrogen) atoms. The summed E-state index contributed by atoms with van der Waals surface area (Å²) < 4.78 is 0. The molecule has 0 aromatic rings. The molecule has 0 amide bonds. The second kappa shape index (κ2) is 4.51. The van der Waals surface area contributed by atoms with Crippen LogP contribution in [0.4, 0.5) is 0 Å². The van der Waals surface area contributed by atoms with Crippen LogP contribution >= 0.6 is 0 Å². The summed E-state index contributed by atoms with van der Waals surface area (Å²) in [5.41, 5.74) is 1.21. The molecule has 0 aliphatic carbocycles. The summed E-state index contributed by atoms with van der Waals surface area (Å²) in [6.45, 7) is 9.39. The number of allylic oxidation sites excluding steroid dienone is 1. The van der Waals surface area contributed by atoms with Crippen molar-refractivity contribution in [1.29, 1.82) is 0 Å². The van der Waals surface area contributed by atoms with E-state index < -0.39 is 0 Å². The Balaban J connectivity index is 2.04. The average molecular weight is 168 g/mol. The van der Waals surface area contributed by atoms with Gasteiger partial charge >= 0.3 is 0 Å². The molecule has 0 radical (unpaired) electrons. The molecule has 1 saturated heterocycles. The number of rotatable bonds is 4. The third kappa shape index (κ3) is 3.26. The number of nitrogens with one attached hydrogen (secondary N) is 2. The Morgan fingerprint density at radius 3 is 2.92 bits per heavy atom. The summed E-state index contributed by atoms with van der Waals surface area (Å²) >= 11 is 0. The molecule has 1 unspecified atom stereocenters. The van der Waals surface area contributed by atoms with Gasteiger partial charge in [0.05, 0.1) is 0 Å². The van der Waals surface area contributed by atoms with Crippen LogP contribution in [0.1, 0.15) is 33.1 Å². The highest BCUT2D eigenvalue weighted by molar-refractivity contribution is 5.00. The molecule has 0 saturated carbocycles. The molecule has 0 aromatic heterocycles. The summed E-state index contributed by atoms with van der Waals surface area (Å²) in [7, 11) is 0. The van der Waals surface area contributed by atoms with Gasteiger partial charge in [-0.2, -0.15) is 0 Å². The number of hydrogen-bond acceptors (Lipinski definition) is 2. The Hall–Kier alpha value is -0.500. The molecule has 1 atom stereocenters. The second-order valence-corrected chi connectivity index (χ2v) is 3.88. The van der Waals surface area contributed by atoms with Gasteiger partial charge in [-0.25, -0.2) is 0 Å². The summed E-state index contributed by atoms with van der Waals surface area (Å²) in [6.07, 6.45) is 3.64. The first kappa shape index (κ1) is 9.59. The van der Waals surface area contributed by atoms with E-state index in [2.05, 4.69) is 31.1 Å². The summed E-state index contributed by atoms with van der Waals surface area (Å²) in [6, 6.07) is 1.28. The zero-order valence-corrected chi connectivity index (χ0v) is 8.19. The lowest BCUT2D eigenvalue weighted by Crippen LogP contribution is -2.29. The maximum absolute atomic E-state index is 3.92. The highest BCUT2D eigenvalue weighted by atomic mass is 15.0. The zero-order valence-electron chi connectivity index (χ0n) is 8.19. The van der Waals surface area contributed by atoms with Crippen molar-refractivity contribution >= 4 is 0 Å². The molecule has 2 N–H and O–H groups in total. The van der Waals surface area contributed by atoms with Crippen LogP contribution in [0, 0.1) is 0 Å². The van der Waals surface area contributed by atoms with E-state index in [0.717, 1.165) is 13.0 Å². The van der Waals surface area contributed by atoms with Crippen molar-refractivity contribution in [2.24, 2.45) is 0 Å². The maximum atomic E-state index is 3.92. The smallest absolute Gasteiger partial charge is 0.0273 e.